The van der Waals surface area contributed by atoms with Gasteiger partial charge >= 0.3 is 12.1 Å². The summed E-state index contributed by atoms with van der Waals surface area (Å²) in [5.41, 5.74) is 0. The van der Waals surface area contributed by atoms with Gasteiger partial charge < -0.3 is 4.74 Å². The predicted octanol–water partition coefficient (Wildman–Crippen LogP) is 2.23. The van der Waals surface area contributed by atoms with Gasteiger partial charge in [0.2, 0.25) is 0 Å². The van der Waals surface area contributed by atoms with E-state index in [1.54, 1.807) is 0 Å². The first-order valence-corrected chi connectivity index (χ1v) is 3.37. The van der Waals surface area contributed by atoms with Gasteiger partial charge in [0.05, 0.1) is 6.61 Å². The van der Waals surface area contributed by atoms with Gasteiger partial charge in [0.25, 0.3) is 0 Å². The Hall–Kier alpha value is -0.710. The highest BCUT2D eigenvalue weighted by molar-refractivity contribution is 6.31. The summed E-state index contributed by atoms with van der Waals surface area (Å²) in [6, 6.07) is 0. The molecule has 0 amide bonds. The molecule has 0 radical (unpaired) electrons. The van der Waals surface area contributed by atoms with Crippen LogP contribution in [0.5, 0.6) is 0 Å². The van der Waals surface area contributed by atoms with Gasteiger partial charge in [-0.05, 0) is 6.92 Å². The molecule has 0 N–H and O–H groups in total. The number of ether oxygens (including phenoxy) is 1. The number of hydrogen-bond donors (Lipinski definition) is 0. The summed E-state index contributed by atoms with van der Waals surface area (Å²) >= 11 is 4.72. The lowest BCUT2D eigenvalue weighted by atomic mass is 10.5. The predicted molar refractivity (Wildman–Crippen MR) is 36.6 cm³/mol. The highest BCUT2D eigenvalue weighted by atomic mass is 35.5. The molecule has 2 nitrogen and oxygen atoms in total. The van der Waals surface area contributed by atoms with Gasteiger partial charge in [0.1, 0.15) is 5.03 Å². The van der Waals surface area contributed by atoms with Crippen LogP contribution in [0.1, 0.15) is 6.92 Å². The highest BCUT2D eigenvalue weighted by Crippen LogP contribution is 2.28. The molecule has 70 valence electrons. The molecule has 0 aromatic heterocycles. The van der Waals surface area contributed by atoms with Crippen molar-refractivity contribution in [2.24, 2.45) is 0 Å². The van der Waals surface area contributed by atoms with Crippen LogP contribution < -0.4 is 0 Å². The molecule has 0 spiro atoms. The summed E-state index contributed by atoms with van der Waals surface area (Å²) in [6.45, 7) is 1.49. The number of allylic oxidation sites excluding steroid dienone is 1. The Morgan fingerprint density at radius 3 is 2.42 bits per heavy atom. The SMILES string of the molecule is CCOC(=O)/C=C(\Cl)C(F)(F)F. The van der Waals surface area contributed by atoms with E-state index in [0.717, 1.165) is 0 Å². The molecule has 0 rings (SSSR count). The fourth-order valence-corrected chi connectivity index (χ4v) is 0.458. The van der Waals surface area contributed by atoms with Crippen molar-refractivity contribution in [3.8, 4) is 0 Å². The quantitative estimate of drug-likeness (QED) is 0.507. The van der Waals surface area contributed by atoms with Crippen molar-refractivity contribution >= 4 is 17.6 Å². The molecule has 0 atom stereocenters. The van der Waals surface area contributed by atoms with Gasteiger partial charge in [-0.2, -0.15) is 13.2 Å². The van der Waals surface area contributed by atoms with E-state index in [1.807, 2.05) is 0 Å². The Labute approximate surface area is 71.9 Å². The average molecular weight is 203 g/mol. The molecule has 12 heavy (non-hydrogen) atoms. The van der Waals surface area contributed by atoms with E-state index in [1.165, 1.54) is 6.92 Å². The van der Waals surface area contributed by atoms with E-state index in [-0.39, 0.29) is 12.7 Å². The molecule has 0 aromatic carbocycles. The molecule has 0 aliphatic carbocycles. The van der Waals surface area contributed by atoms with E-state index in [2.05, 4.69) is 4.74 Å². The second kappa shape index (κ2) is 4.35. The summed E-state index contributed by atoms with van der Waals surface area (Å²) in [5.74, 6) is -1.10. The van der Waals surface area contributed by atoms with Crippen LogP contribution in [-0.4, -0.2) is 18.8 Å². The Bertz CT molecular complexity index is 197. The Morgan fingerprint density at radius 1 is 1.58 bits per heavy atom. The van der Waals surface area contributed by atoms with Crippen LogP contribution in [0.2, 0.25) is 0 Å². The summed E-state index contributed by atoms with van der Waals surface area (Å²) in [5, 5.41) is -1.49. The Kier molecular flexibility index (Phi) is 4.09. The largest absolute Gasteiger partial charge is 0.463 e. The fourth-order valence-electron chi connectivity index (χ4n) is 0.369. The summed E-state index contributed by atoms with van der Waals surface area (Å²) in [7, 11) is 0. The first-order valence-electron chi connectivity index (χ1n) is 2.99. The van der Waals surface area contributed by atoms with Crippen LogP contribution in [0.15, 0.2) is 11.1 Å². The Morgan fingerprint density at radius 2 is 2.08 bits per heavy atom. The second-order valence-corrected chi connectivity index (χ2v) is 2.15. The number of esters is 1. The molecule has 0 aliphatic rings. The minimum absolute atomic E-state index is 0.0113. The first kappa shape index (κ1) is 11.3. The molecule has 0 unspecified atom stereocenters. The lowest BCUT2D eigenvalue weighted by Crippen LogP contribution is -2.10. The number of carbonyl (C=O) groups is 1. The minimum atomic E-state index is -4.69. The molecule has 0 heterocycles. The topological polar surface area (TPSA) is 26.3 Å². The standard InChI is InChI=1S/C6H6ClF3O2/c1-2-12-5(11)3-4(7)6(8,9)10/h3H,2H2,1H3/b4-3-. The van der Waals surface area contributed by atoms with E-state index in [4.69, 9.17) is 11.6 Å². The lowest BCUT2D eigenvalue weighted by Gasteiger charge is -2.03. The van der Waals surface area contributed by atoms with Gasteiger partial charge in [-0.1, -0.05) is 11.6 Å². The van der Waals surface area contributed by atoms with Gasteiger partial charge in [0.15, 0.2) is 0 Å². The smallest absolute Gasteiger partial charge is 0.427 e. The van der Waals surface area contributed by atoms with E-state index in [0.29, 0.717) is 0 Å². The third kappa shape index (κ3) is 4.23. The van der Waals surface area contributed by atoms with Crippen LogP contribution in [0.25, 0.3) is 0 Å². The molecule has 0 fully saturated rings. The van der Waals surface area contributed by atoms with Gasteiger partial charge in [-0.25, -0.2) is 4.79 Å². The number of alkyl halides is 3. The van der Waals surface area contributed by atoms with Crippen LogP contribution in [0, 0.1) is 0 Å². The highest BCUT2D eigenvalue weighted by Gasteiger charge is 2.33. The van der Waals surface area contributed by atoms with E-state index >= 15 is 0 Å². The van der Waals surface area contributed by atoms with E-state index in [9.17, 15) is 18.0 Å². The zero-order valence-corrected chi connectivity index (χ0v) is 6.87. The third-order valence-electron chi connectivity index (χ3n) is 0.802. The van der Waals surface area contributed by atoms with Gasteiger partial charge in [-0.3, -0.25) is 0 Å². The maximum atomic E-state index is 11.6. The van der Waals surface area contributed by atoms with Crippen LogP contribution >= 0.6 is 11.6 Å². The molecule has 0 bridgehead atoms. The average Bonchev–Trinajstić information content (AvgIpc) is 1.85. The summed E-state index contributed by atoms with van der Waals surface area (Å²) in [4.78, 5) is 10.4. The van der Waals surface area contributed by atoms with Crippen LogP contribution in [-0.2, 0) is 9.53 Å². The normalized spacial score (nSPS) is 12.9. The lowest BCUT2D eigenvalue weighted by molar-refractivity contribution is -0.138. The minimum Gasteiger partial charge on any atom is -0.463 e. The summed E-state index contributed by atoms with van der Waals surface area (Å²) < 4.78 is 39.1. The third-order valence-corrected chi connectivity index (χ3v) is 1.13. The molecule has 0 saturated carbocycles. The van der Waals surface area contributed by atoms with Crippen LogP contribution in [0.3, 0.4) is 0 Å². The zero-order chi connectivity index (χ0) is 9.78. The number of halogens is 4. The van der Waals surface area contributed by atoms with Crippen LogP contribution in [0.4, 0.5) is 13.2 Å². The summed E-state index contributed by atoms with van der Waals surface area (Å²) in [6.07, 6.45) is -4.49. The molecular formula is C6H6ClF3O2. The van der Waals surface area contributed by atoms with Crippen molar-refractivity contribution in [2.75, 3.05) is 6.61 Å². The zero-order valence-electron chi connectivity index (χ0n) is 6.11. The molecule has 0 aliphatic heterocycles. The maximum Gasteiger partial charge on any atom is 0.427 e. The number of carbonyl (C=O) groups excluding carboxylic acids is 1. The van der Waals surface area contributed by atoms with Crippen molar-refractivity contribution in [1.29, 1.82) is 0 Å². The van der Waals surface area contributed by atoms with Gasteiger partial charge in [0, 0.05) is 6.08 Å². The number of rotatable bonds is 2. The van der Waals surface area contributed by atoms with E-state index < -0.39 is 17.2 Å². The second-order valence-electron chi connectivity index (χ2n) is 1.74. The monoisotopic (exact) mass is 202 g/mol. The van der Waals surface area contributed by atoms with Crippen molar-refractivity contribution in [3.63, 3.8) is 0 Å². The molecule has 0 saturated heterocycles. The fraction of sp³-hybridized carbons (Fsp3) is 0.500. The van der Waals surface area contributed by atoms with Crippen molar-refractivity contribution in [3.05, 3.63) is 11.1 Å². The first-order chi connectivity index (χ1) is 5.38. The van der Waals surface area contributed by atoms with Crippen molar-refractivity contribution in [2.45, 2.75) is 13.1 Å². The maximum absolute atomic E-state index is 11.6. The number of hydrogen-bond acceptors (Lipinski definition) is 2. The van der Waals surface area contributed by atoms with Gasteiger partial charge in [-0.15, -0.1) is 0 Å². The molecule has 0 aromatic rings. The van der Waals surface area contributed by atoms with Crippen molar-refractivity contribution in [1.82, 2.24) is 0 Å². The molecular weight excluding hydrogens is 197 g/mol. The molecule has 6 heteroatoms. The Balaban J connectivity index is 4.26. The van der Waals surface area contributed by atoms with Crippen molar-refractivity contribution < 1.29 is 22.7 Å².